The predicted molar refractivity (Wildman–Crippen MR) is 126 cm³/mol. The Bertz CT molecular complexity index is 966. The van der Waals surface area contributed by atoms with Gasteiger partial charge in [-0.05, 0) is 40.2 Å². The fourth-order valence-electron chi connectivity index (χ4n) is 3.92. The predicted octanol–water partition coefficient (Wildman–Crippen LogP) is 3.41. The second-order valence-corrected chi connectivity index (χ2v) is 8.66. The average Bonchev–Trinajstić information content (AvgIpc) is 3.13. The largest absolute Gasteiger partial charge is 0.467 e. The number of hydrogen-bond donors (Lipinski definition) is 3. The van der Waals surface area contributed by atoms with Gasteiger partial charge in [0.25, 0.3) is 0 Å². The maximum atomic E-state index is 12.7. The Morgan fingerprint density at radius 1 is 1.00 bits per heavy atom. The lowest BCUT2D eigenvalue weighted by Gasteiger charge is -2.23. The molecule has 0 bridgehead atoms. The van der Waals surface area contributed by atoms with Gasteiger partial charge in [-0.2, -0.15) is 0 Å². The van der Waals surface area contributed by atoms with Crippen LogP contribution in [0.5, 0.6) is 0 Å². The first-order valence-electron chi connectivity index (χ1n) is 10.6. The Morgan fingerprint density at radius 2 is 1.58 bits per heavy atom. The van der Waals surface area contributed by atoms with E-state index < -0.39 is 30.1 Å². The van der Waals surface area contributed by atoms with E-state index in [1.54, 1.807) is 13.8 Å². The minimum Gasteiger partial charge on any atom is -0.467 e. The molecule has 2 atom stereocenters. The van der Waals surface area contributed by atoms with Crippen molar-refractivity contribution in [1.29, 1.82) is 0 Å². The Hall–Kier alpha value is -3.04. The molecule has 0 unspecified atom stereocenters. The molecular formula is C24H28N2O6S. The number of alkyl carbamates (subject to hydrolysis) is 1. The summed E-state index contributed by atoms with van der Waals surface area (Å²) in [6, 6.07) is 14.0. The van der Waals surface area contributed by atoms with Gasteiger partial charge in [0.1, 0.15) is 18.7 Å². The van der Waals surface area contributed by atoms with Crippen LogP contribution in [0.3, 0.4) is 0 Å². The van der Waals surface area contributed by atoms with Crippen LogP contribution in [0.2, 0.25) is 0 Å². The van der Waals surface area contributed by atoms with Crippen molar-refractivity contribution in [1.82, 2.24) is 10.6 Å². The van der Waals surface area contributed by atoms with Crippen molar-refractivity contribution >= 4 is 30.0 Å². The molecule has 0 saturated heterocycles. The highest BCUT2D eigenvalue weighted by Gasteiger charge is 2.31. The smallest absolute Gasteiger partial charge is 0.407 e. The number of carbonyl (C=O) groups is 3. The van der Waals surface area contributed by atoms with E-state index in [2.05, 4.69) is 10.6 Å². The Morgan fingerprint density at radius 3 is 2.09 bits per heavy atom. The molecule has 2 aromatic rings. The zero-order valence-corrected chi connectivity index (χ0v) is 19.6. The quantitative estimate of drug-likeness (QED) is 0.378. The second-order valence-electron chi connectivity index (χ2n) is 8.07. The van der Waals surface area contributed by atoms with E-state index in [4.69, 9.17) is 9.47 Å². The number of benzene rings is 2. The minimum atomic E-state index is -1.10. The molecule has 0 aliphatic heterocycles. The molecule has 9 heteroatoms. The molecule has 1 aliphatic carbocycles. The molecule has 2 amide bonds. The van der Waals surface area contributed by atoms with E-state index >= 15 is 0 Å². The van der Waals surface area contributed by atoms with Crippen LogP contribution in [0, 0.1) is 5.92 Å². The standard InChI is InChI=1S/C24H28N2O6S/c1-14(2)21(23(28)31-3)26-22(27)20(13-33-30)25-24(29)32-12-19-17-10-6-4-8-15(17)16-9-5-7-11-18(16)19/h4-11,14,19-21,30H,12-13H2,1-3H3,(H,25,29)(H,26,27)/t20-,21-/m0/s1. The van der Waals surface area contributed by atoms with Crippen molar-refractivity contribution in [3.63, 3.8) is 0 Å². The fourth-order valence-corrected chi connectivity index (χ4v) is 4.30. The van der Waals surface area contributed by atoms with Crippen LogP contribution in [0.25, 0.3) is 11.1 Å². The zero-order valence-electron chi connectivity index (χ0n) is 18.7. The summed E-state index contributed by atoms with van der Waals surface area (Å²) in [4.78, 5) is 37.1. The number of nitrogens with one attached hydrogen (secondary N) is 2. The number of rotatable bonds is 9. The molecule has 8 nitrogen and oxygen atoms in total. The van der Waals surface area contributed by atoms with E-state index in [9.17, 15) is 18.9 Å². The van der Waals surface area contributed by atoms with Gasteiger partial charge in [-0.25, -0.2) is 9.59 Å². The summed E-state index contributed by atoms with van der Waals surface area (Å²) in [5.74, 6) is -1.66. The first kappa shape index (κ1) is 24.6. The van der Waals surface area contributed by atoms with Gasteiger partial charge in [0.15, 0.2) is 0 Å². The molecule has 0 spiro atoms. The molecule has 3 rings (SSSR count). The van der Waals surface area contributed by atoms with Gasteiger partial charge < -0.3 is 24.7 Å². The summed E-state index contributed by atoms with van der Waals surface area (Å²) in [7, 11) is 1.24. The van der Waals surface area contributed by atoms with Crippen molar-refractivity contribution in [2.24, 2.45) is 5.92 Å². The SMILES string of the molecule is COC(=O)[C@@H](NC(=O)[C@H](CSO)NC(=O)OCC1c2ccccc2-c2ccccc21)C(C)C. The lowest BCUT2D eigenvalue weighted by Crippen LogP contribution is -2.54. The van der Waals surface area contributed by atoms with Gasteiger partial charge in [0.2, 0.25) is 5.91 Å². The van der Waals surface area contributed by atoms with Crippen molar-refractivity contribution < 1.29 is 28.4 Å². The number of hydrogen-bond acceptors (Lipinski definition) is 7. The van der Waals surface area contributed by atoms with Crippen molar-refractivity contribution in [3.8, 4) is 11.1 Å². The van der Waals surface area contributed by atoms with Gasteiger partial charge in [0.05, 0.1) is 7.11 Å². The zero-order chi connectivity index (χ0) is 24.0. The molecule has 33 heavy (non-hydrogen) atoms. The molecular weight excluding hydrogens is 444 g/mol. The first-order valence-corrected chi connectivity index (χ1v) is 11.6. The van der Waals surface area contributed by atoms with Crippen LogP contribution in [0.4, 0.5) is 4.79 Å². The molecule has 0 fully saturated rings. The summed E-state index contributed by atoms with van der Waals surface area (Å²) >= 11 is 0.407. The molecule has 1 aliphatic rings. The van der Waals surface area contributed by atoms with E-state index in [0.29, 0.717) is 12.0 Å². The number of methoxy groups -OCH3 is 1. The van der Waals surface area contributed by atoms with Crippen LogP contribution >= 0.6 is 12.0 Å². The lowest BCUT2D eigenvalue weighted by molar-refractivity contribution is -0.146. The third-order valence-corrected chi connectivity index (χ3v) is 6.10. The van der Waals surface area contributed by atoms with Crippen LogP contribution in [0.1, 0.15) is 30.9 Å². The third kappa shape index (κ3) is 5.66. The van der Waals surface area contributed by atoms with Gasteiger partial charge in [0, 0.05) is 11.7 Å². The average molecular weight is 473 g/mol. The molecule has 0 aromatic heterocycles. The Balaban J connectivity index is 1.65. The summed E-state index contributed by atoms with van der Waals surface area (Å²) in [6.45, 7) is 3.62. The van der Waals surface area contributed by atoms with Crippen LogP contribution in [-0.2, 0) is 19.1 Å². The lowest BCUT2D eigenvalue weighted by atomic mass is 9.98. The first-order chi connectivity index (χ1) is 15.9. The highest BCUT2D eigenvalue weighted by atomic mass is 32.2. The maximum Gasteiger partial charge on any atom is 0.407 e. The molecule has 0 saturated carbocycles. The number of carbonyl (C=O) groups excluding carboxylic acids is 3. The second kappa shape index (κ2) is 11.2. The topological polar surface area (TPSA) is 114 Å². The summed E-state index contributed by atoms with van der Waals surface area (Å²) in [5.41, 5.74) is 4.37. The van der Waals surface area contributed by atoms with Gasteiger partial charge in [-0.1, -0.05) is 62.4 Å². The van der Waals surface area contributed by atoms with Gasteiger partial charge in [-0.15, -0.1) is 0 Å². The van der Waals surface area contributed by atoms with Crippen molar-refractivity contribution in [2.45, 2.75) is 31.8 Å². The molecule has 3 N–H and O–H groups in total. The van der Waals surface area contributed by atoms with Crippen LogP contribution < -0.4 is 10.6 Å². The fraction of sp³-hybridized carbons (Fsp3) is 0.375. The van der Waals surface area contributed by atoms with Crippen molar-refractivity contribution in [3.05, 3.63) is 59.7 Å². The summed E-state index contributed by atoms with van der Waals surface area (Å²) in [5, 5.41) is 5.06. The number of ether oxygens (including phenoxy) is 2. The molecule has 0 radical (unpaired) electrons. The molecule has 0 heterocycles. The molecule has 176 valence electrons. The highest BCUT2D eigenvalue weighted by Crippen LogP contribution is 2.44. The van der Waals surface area contributed by atoms with Crippen LogP contribution in [0.15, 0.2) is 48.5 Å². The number of amides is 2. The maximum absolute atomic E-state index is 12.7. The van der Waals surface area contributed by atoms with E-state index in [1.165, 1.54) is 7.11 Å². The summed E-state index contributed by atoms with van der Waals surface area (Å²) < 4.78 is 19.5. The monoisotopic (exact) mass is 472 g/mol. The highest BCUT2D eigenvalue weighted by molar-refractivity contribution is 7.93. The van der Waals surface area contributed by atoms with Gasteiger partial charge in [-0.3, -0.25) is 4.79 Å². The summed E-state index contributed by atoms with van der Waals surface area (Å²) in [6.07, 6.45) is -0.787. The van der Waals surface area contributed by atoms with Gasteiger partial charge >= 0.3 is 12.1 Å². The van der Waals surface area contributed by atoms with E-state index in [-0.39, 0.29) is 24.2 Å². The Labute approximate surface area is 197 Å². The number of esters is 1. The van der Waals surface area contributed by atoms with E-state index in [1.807, 2.05) is 48.5 Å². The third-order valence-electron chi connectivity index (χ3n) is 5.61. The molecule has 2 aromatic carbocycles. The number of fused-ring (bicyclic) bond motifs is 3. The van der Waals surface area contributed by atoms with Crippen molar-refractivity contribution in [2.75, 3.05) is 19.5 Å². The Kier molecular flexibility index (Phi) is 8.35. The van der Waals surface area contributed by atoms with E-state index in [0.717, 1.165) is 22.3 Å². The van der Waals surface area contributed by atoms with Crippen LogP contribution in [-0.4, -0.2) is 54.1 Å². The minimum absolute atomic E-state index is 0.0945. The normalized spacial score (nSPS) is 14.1.